The van der Waals surface area contributed by atoms with Crippen LogP contribution in [0.4, 0.5) is 5.69 Å². The zero-order valence-electron chi connectivity index (χ0n) is 10.9. The van der Waals surface area contributed by atoms with Crippen LogP contribution in [-0.2, 0) is 4.79 Å². The summed E-state index contributed by atoms with van der Waals surface area (Å²) in [5, 5.41) is 2.85. The average molecular weight is 314 g/mol. The van der Waals surface area contributed by atoms with Crippen LogP contribution >= 0.6 is 15.9 Å². The molecule has 0 heterocycles. The van der Waals surface area contributed by atoms with Gasteiger partial charge in [0.15, 0.2) is 0 Å². The largest absolute Gasteiger partial charge is 0.494 e. The minimum absolute atomic E-state index is 0.0165. The molecule has 0 aliphatic rings. The minimum atomic E-state index is -0.141. The number of benzene rings is 1. The number of nitrogens with one attached hydrogen (secondary N) is 1. The van der Waals surface area contributed by atoms with E-state index in [1.807, 2.05) is 31.2 Å². The van der Waals surface area contributed by atoms with Crippen molar-refractivity contribution in [2.24, 2.45) is 0 Å². The van der Waals surface area contributed by atoms with Crippen molar-refractivity contribution in [1.82, 2.24) is 0 Å². The number of carbonyl (C=O) groups excluding carboxylic acids is 1. The van der Waals surface area contributed by atoms with Crippen molar-refractivity contribution in [2.75, 3.05) is 11.9 Å². The van der Waals surface area contributed by atoms with Crippen LogP contribution < -0.4 is 10.1 Å². The molecule has 0 unspecified atom stereocenters. The number of amides is 1. The monoisotopic (exact) mass is 313 g/mol. The Hall–Kier alpha value is -1.03. The van der Waals surface area contributed by atoms with Crippen molar-refractivity contribution in [1.29, 1.82) is 0 Å². The molecule has 1 aromatic rings. The van der Waals surface area contributed by atoms with Crippen LogP contribution in [0.15, 0.2) is 24.3 Å². The fourth-order valence-electron chi connectivity index (χ4n) is 1.37. The molecule has 1 rings (SSSR count). The summed E-state index contributed by atoms with van der Waals surface area (Å²) >= 11 is 3.32. The Morgan fingerprint density at radius 3 is 2.56 bits per heavy atom. The molecule has 0 aliphatic heterocycles. The first-order valence-electron chi connectivity index (χ1n) is 6.35. The fourth-order valence-corrected chi connectivity index (χ4v) is 1.49. The Morgan fingerprint density at radius 2 is 2.00 bits per heavy atom. The molecule has 0 saturated carbocycles. The van der Waals surface area contributed by atoms with E-state index < -0.39 is 0 Å². The first kappa shape index (κ1) is 15.0. The highest BCUT2D eigenvalue weighted by Gasteiger charge is 2.11. The Balaban J connectivity index is 2.47. The van der Waals surface area contributed by atoms with Crippen LogP contribution in [0, 0.1) is 0 Å². The van der Waals surface area contributed by atoms with Crippen molar-refractivity contribution in [3.63, 3.8) is 0 Å². The van der Waals surface area contributed by atoms with Gasteiger partial charge in [0.05, 0.1) is 11.4 Å². The Bertz CT molecular complexity index is 365. The van der Waals surface area contributed by atoms with Gasteiger partial charge in [-0.3, -0.25) is 4.79 Å². The second-order valence-corrected chi connectivity index (χ2v) is 5.20. The zero-order valence-corrected chi connectivity index (χ0v) is 12.5. The van der Waals surface area contributed by atoms with E-state index in [1.54, 1.807) is 0 Å². The number of unbranched alkanes of at least 4 members (excludes halogenated alkanes) is 1. The molecule has 0 spiro atoms. The van der Waals surface area contributed by atoms with Crippen LogP contribution in [0.1, 0.15) is 33.1 Å². The van der Waals surface area contributed by atoms with Crippen molar-refractivity contribution >= 4 is 27.5 Å². The smallest absolute Gasteiger partial charge is 0.238 e. The topological polar surface area (TPSA) is 38.3 Å². The van der Waals surface area contributed by atoms with Crippen molar-refractivity contribution in [2.45, 2.75) is 37.9 Å². The van der Waals surface area contributed by atoms with E-state index in [9.17, 15) is 4.79 Å². The molecular formula is C14H20BrNO2. The van der Waals surface area contributed by atoms with Crippen LogP contribution in [0.25, 0.3) is 0 Å². The van der Waals surface area contributed by atoms with E-state index >= 15 is 0 Å². The highest BCUT2D eigenvalue weighted by Crippen LogP contribution is 2.17. The lowest BCUT2D eigenvalue weighted by Gasteiger charge is -2.10. The molecule has 4 heteroatoms. The minimum Gasteiger partial charge on any atom is -0.494 e. The number of hydrogen-bond donors (Lipinski definition) is 1. The van der Waals surface area contributed by atoms with E-state index in [-0.39, 0.29) is 10.7 Å². The molecule has 100 valence electrons. The first-order valence-corrected chi connectivity index (χ1v) is 7.26. The summed E-state index contributed by atoms with van der Waals surface area (Å²) in [5.74, 6) is 0.824. The molecule has 1 aromatic carbocycles. The summed E-state index contributed by atoms with van der Waals surface area (Å²) < 4.78 is 5.55. The van der Waals surface area contributed by atoms with Crippen LogP contribution in [-0.4, -0.2) is 17.3 Å². The predicted octanol–water partition coefficient (Wildman–Crippen LogP) is 3.98. The summed E-state index contributed by atoms with van der Waals surface area (Å²) in [6, 6.07) is 7.46. The second-order valence-electron chi connectivity index (χ2n) is 4.09. The summed E-state index contributed by atoms with van der Waals surface area (Å²) in [7, 11) is 0. The normalized spacial score (nSPS) is 11.9. The molecule has 0 fully saturated rings. The number of rotatable bonds is 7. The molecule has 0 bridgehead atoms. The van der Waals surface area contributed by atoms with Crippen LogP contribution in [0.2, 0.25) is 0 Å². The van der Waals surface area contributed by atoms with Gasteiger partial charge < -0.3 is 10.1 Å². The average Bonchev–Trinajstić information content (AvgIpc) is 2.40. The van der Waals surface area contributed by atoms with Gasteiger partial charge in [-0.15, -0.1) is 0 Å². The van der Waals surface area contributed by atoms with Gasteiger partial charge in [-0.1, -0.05) is 36.2 Å². The van der Waals surface area contributed by atoms with E-state index in [1.165, 1.54) is 0 Å². The summed E-state index contributed by atoms with van der Waals surface area (Å²) in [6.07, 6.45) is 2.95. The third-order valence-electron chi connectivity index (χ3n) is 2.53. The quantitative estimate of drug-likeness (QED) is 0.611. The van der Waals surface area contributed by atoms with E-state index in [0.29, 0.717) is 0 Å². The molecule has 18 heavy (non-hydrogen) atoms. The highest BCUT2D eigenvalue weighted by atomic mass is 79.9. The summed E-state index contributed by atoms with van der Waals surface area (Å²) in [4.78, 5) is 11.5. The van der Waals surface area contributed by atoms with Gasteiger partial charge in [0.1, 0.15) is 5.75 Å². The maximum Gasteiger partial charge on any atom is 0.238 e. The standard InChI is InChI=1S/C14H20BrNO2/c1-3-5-10-18-12-8-6-11(7-9-12)16-14(17)13(15)4-2/h6-9,13H,3-5,10H2,1-2H3,(H,16,17)/t13-/m0/s1. The van der Waals surface area contributed by atoms with E-state index in [0.717, 1.165) is 37.3 Å². The predicted molar refractivity (Wildman–Crippen MR) is 78.5 cm³/mol. The van der Waals surface area contributed by atoms with Gasteiger partial charge in [-0.25, -0.2) is 0 Å². The number of halogens is 1. The molecule has 1 amide bonds. The second kappa shape index (κ2) is 8.14. The first-order chi connectivity index (χ1) is 8.67. The Labute approximate surface area is 117 Å². The molecule has 3 nitrogen and oxygen atoms in total. The zero-order chi connectivity index (χ0) is 13.4. The van der Waals surface area contributed by atoms with E-state index in [4.69, 9.17) is 4.74 Å². The van der Waals surface area contributed by atoms with Gasteiger partial charge in [0, 0.05) is 5.69 Å². The van der Waals surface area contributed by atoms with Gasteiger partial charge in [0.2, 0.25) is 5.91 Å². The lowest BCUT2D eigenvalue weighted by atomic mass is 10.2. The van der Waals surface area contributed by atoms with E-state index in [2.05, 4.69) is 28.2 Å². The van der Waals surface area contributed by atoms with Crippen molar-refractivity contribution in [3.8, 4) is 5.75 Å². The maximum absolute atomic E-state index is 11.7. The molecule has 0 aromatic heterocycles. The molecule has 0 radical (unpaired) electrons. The number of ether oxygens (including phenoxy) is 1. The molecule has 0 aliphatic carbocycles. The Kier molecular flexibility index (Phi) is 6.80. The van der Waals surface area contributed by atoms with Gasteiger partial charge in [-0.05, 0) is 37.1 Å². The summed E-state index contributed by atoms with van der Waals surface area (Å²) in [5.41, 5.74) is 0.792. The van der Waals surface area contributed by atoms with Gasteiger partial charge >= 0.3 is 0 Å². The number of hydrogen-bond acceptors (Lipinski definition) is 2. The van der Waals surface area contributed by atoms with Crippen LogP contribution in [0.3, 0.4) is 0 Å². The third-order valence-corrected chi connectivity index (χ3v) is 3.59. The molecule has 1 N–H and O–H groups in total. The van der Waals surface area contributed by atoms with Crippen LogP contribution in [0.5, 0.6) is 5.75 Å². The summed E-state index contributed by atoms with van der Waals surface area (Å²) in [6.45, 7) is 4.83. The molecule has 1 atom stereocenters. The lowest BCUT2D eigenvalue weighted by Crippen LogP contribution is -2.21. The van der Waals surface area contributed by atoms with Gasteiger partial charge in [0.25, 0.3) is 0 Å². The maximum atomic E-state index is 11.7. The lowest BCUT2D eigenvalue weighted by molar-refractivity contribution is -0.115. The van der Waals surface area contributed by atoms with Crippen molar-refractivity contribution in [3.05, 3.63) is 24.3 Å². The Morgan fingerprint density at radius 1 is 1.33 bits per heavy atom. The molecule has 0 saturated heterocycles. The fraction of sp³-hybridized carbons (Fsp3) is 0.500. The number of alkyl halides is 1. The molecular weight excluding hydrogens is 294 g/mol. The third kappa shape index (κ3) is 5.08. The number of carbonyl (C=O) groups is 1. The van der Waals surface area contributed by atoms with Gasteiger partial charge in [-0.2, -0.15) is 0 Å². The highest BCUT2D eigenvalue weighted by molar-refractivity contribution is 9.10. The number of anilines is 1. The van der Waals surface area contributed by atoms with Crippen molar-refractivity contribution < 1.29 is 9.53 Å². The SMILES string of the molecule is CCCCOc1ccc(NC(=O)[C@@H](Br)CC)cc1.